The van der Waals surface area contributed by atoms with E-state index in [9.17, 15) is 9.59 Å². The van der Waals surface area contributed by atoms with Gasteiger partial charge in [0.2, 0.25) is 0 Å². The Morgan fingerprint density at radius 1 is 1.35 bits per heavy atom. The largest absolute Gasteiger partial charge is 0.419 e. The molecule has 0 saturated heterocycles. The molecule has 2 aromatic rings. The monoisotopic (exact) mass is 251 g/mol. The maximum atomic E-state index is 11.4. The van der Waals surface area contributed by atoms with E-state index in [2.05, 4.69) is 9.40 Å². The quantitative estimate of drug-likeness (QED) is 0.850. The summed E-state index contributed by atoms with van der Waals surface area (Å²) in [6.45, 7) is 0. The number of hydrogen-bond acceptors (Lipinski definition) is 3. The molecule has 0 radical (unpaired) electrons. The zero-order valence-corrected chi connectivity index (χ0v) is 9.66. The highest BCUT2D eigenvalue weighted by molar-refractivity contribution is 6.17. The fourth-order valence-corrected chi connectivity index (χ4v) is 1.63. The Kier molecular flexibility index (Phi) is 3.44. The van der Waals surface area contributed by atoms with Crippen molar-refractivity contribution >= 4 is 28.6 Å². The van der Waals surface area contributed by atoms with Crippen molar-refractivity contribution in [1.29, 1.82) is 0 Å². The normalized spacial score (nSPS) is 11.4. The SMILES string of the molecule is O=c1[nH]c2ccc(C=CCCCl)cc2c(=O)o1. The van der Waals surface area contributed by atoms with Gasteiger partial charge in [0.05, 0.1) is 10.9 Å². The van der Waals surface area contributed by atoms with Crippen molar-refractivity contribution in [3.63, 3.8) is 0 Å². The van der Waals surface area contributed by atoms with Crippen LogP contribution in [0.3, 0.4) is 0 Å². The summed E-state index contributed by atoms with van der Waals surface area (Å²) in [5, 5.41) is 0.359. The van der Waals surface area contributed by atoms with Gasteiger partial charge in [-0.15, -0.1) is 11.6 Å². The second-order valence-corrected chi connectivity index (χ2v) is 3.86. The first-order chi connectivity index (χ1) is 8.20. The van der Waals surface area contributed by atoms with Crippen LogP contribution in [0.15, 0.2) is 38.3 Å². The maximum absolute atomic E-state index is 11.4. The number of H-pyrrole nitrogens is 1. The van der Waals surface area contributed by atoms with Gasteiger partial charge in [-0.05, 0) is 24.1 Å². The number of aromatic amines is 1. The minimum Gasteiger partial charge on any atom is -0.372 e. The van der Waals surface area contributed by atoms with E-state index in [1.807, 2.05) is 18.2 Å². The molecule has 0 aliphatic carbocycles. The van der Waals surface area contributed by atoms with Crippen LogP contribution in [-0.4, -0.2) is 10.9 Å². The summed E-state index contributed by atoms with van der Waals surface area (Å²) in [6.07, 6.45) is 4.55. The van der Waals surface area contributed by atoms with E-state index in [-0.39, 0.29) is 0 Å². The summed E-state index contributed by atoms with van der Waals surface area (Å²) in [7, 11) is 0. The topological polar surface area (TPSA) is 63.1 Å². The van der Waals surface area contributed by atoms with Crippen LogP contribution in [0, 0.1) is 0 Å². The van der Waals surface area contributed by atoms with Crippen molar-refractivity contribution in [1.82, 2.24) is 4.98 Å². The minimum absolute atomic E-state index is 0.359. The molecule has 0 atom stereocenters. The van der Waals surface area contributed by atoms with E-state index in [1.165, 1.54) is 0 Å². The molecule has 1 aromatic carbocycles. The Bertz CT molecular complexity index is 669. The van der Waals surface area contributed by atoms with E-state index in [1.54, 1.807) is 12.1 Å². The fraction of sp³-hybridized carbons (Fsp3) is 0.167. The van der Waals surface area contributed by atoms with Crippen molar-refractivity contribution in [3.05, 3.63) is 50.8 Å². The molecule has 1 heterocycles. The standard InChI is InChI=1S/C12H10ClNO3/c13-6-2-1-3-8-4-5-10-9(7-8)11(15)17-12(16)14-10/h1,3-5,7H,2,6H2,(H,14,16). The Hall–Kier alpha value is -1.81. The molecule has 1 N–H and O–H groups in total. The Morgan fingerprint density at radius 3 is 2.94 bits per heavy atom. The zero-order valence-electron chi connectivity index (χ0n) is 8.90. The van der Waals surface area contributed by atoms with E-state index in [0.29, 0.717) is 16.8 Å². The van der Waals surface area contributed by atoms with Crippen molar-refractivity contribution in [2.24, 2.45) is 0 Å². The van der Waals surface area contributed by atoms with Crippen LogP contribution in [0.4, 0.5) is 0 Å². The molecule has 17 heavy (non-hydrogen) atoms. The van der Waals surface area contributed by atoms with Gasteiger partial charge in [0.25, 0.3) is 0 Å². The number of benzene rings is 1. The molecular weight excluding hydrogens is 242 g/mol. The second-order valence-electron chi connectivity index (χ2n) is 3.49. The molecule has 4 nitrogen and oxygen atoms in total. The lowest BCUT2D eigenvalue weighted by molar-refractivity contribution is 0.460. The molecule has 0 bridgehead atoms. The molecule has 0 fully saturated rings. The van der Waals surface area contributed by atoms with Gasteiger partial charge in [-0.1, -0.05) is 18.2 Å². The number of hydrogen-bond donors (Lipinski definition) is 1. The summed E-state index contributed by atoms with van der Waals surface area (Å²) in [5.41, 5.74) is 0.707. The van der Waals surface area contributed by atoms with Crippen molar-refractivity contribution in [2.75, 3.05) is 5.88 Å². The predicted molar refractivity (Wildman–Crippen MR) is 67.5 cm³/mol. The Labute approximate surface area is 102 Å². The molecule has 88 valence electrons. The van der Waals surface area contributed by atoms with E-state index < -0.39 is 11.4 Å². The first-order valence-corrected chi connectivity index (χ1v) is 5.64. The molecule has 0 amide bonds. The number of rotatable bonds is 3. The van der Waals surface area contributed by atoms with Crippen LogP contribution in [0.5, 0.6) is 0 Å². The molecule has 0 spiro atoms. The summed E-state index contributed by atoms with van der Waals surface area (Å²) >= 11 is 5.55. The third-order valence-electron chi connectivity index (χ3n) is 2.27. The third kappa shape index (κ3) is 2.65. The molecular formula is C12H10ClNO3. The van der Waals surface area contributed by atoms with Gasteiger partial charge < -0.3 is 4.42 Å². The highest BCUT2D eigenvalue weighted by Crippen LogP contribution is 2.10. The van der Waals surface area contributed by atoms with E-state index >= 15 is 0 Å². The van der Waals surface area contributed by atoms with E-state index in [4.69, 9.17) is 11.6 Å². The Morgan fingerprint density at radius 2 is 2.18 bits per heavy atom. The third-order valence-corrected chi connectivity index (χ3v) is 2.49. The number of allylic oxidation sites excluding steroid dienone is 1. The molecule has 0 unspecified atom stereocenters. The van der Waals surface area contributed by atoms with Gasteiger partial charge in [-0.2, -0.15) is 0 Å². The van der Waals surface area contributed by atoms with Crippen LogP contribution < -0.4 is 11.4 Å². The average molecular weight is 252 g/mol. The highest BCUT2D eigenvalue weighted by Gasteiger charge is 2.02. The predicted octanol–water partition coefficient (Wildman–Crippen LogP) is 2.12. The minimum atomic E-state index is -0.743. The number of fused-ring (bicyclic) bond motifs is 1. The van der Waals surface area contributed by atoms with Gasteiger partial charge in [0.1, 0.15) is 0 Å². The van der Waals surface area contributed by atoms with Crippen molar-refractivity contribution in [2.45, 2.75) is 6.42 Å². The number of nitrogens with one attached hydrogen (secondary N) is 1. The molecule has 2 rings (SSSR count). The lowest BCUT2D eigenvalue weighted by atomic mass is 10.1. The summed E-state index contributed by atoms with van der Waals surface area (Å²) in [6, 6.07) is 5.15. The van der Waals surface area contributed by atoms with Crippen LogP contribution in [-0.2, 0) is 0 Å². The van der Waals surface area contributed by atoms with Gasteiger partial charge in [-0.25, -0.2) is 9.59 Å². The van der Waals surface area contributed by atoms with Crippen LogP contribution in [0.25, 0.3) is 17.0 Å². The van der Waals surface area contributed by atoms with Crippen LogP contribution in [0.1, 0.15) is 12.0 Å². The van der Waals surface area contributed by atoms with Crippen LogP contribution >= 0.6 is 11.6 Å². The average Bonchev–Trinajstić information content (AvgIpc) is 2.30. The summed E-state index contributed by atoms with van der Waals surface area (Å²) in [5.74, 6) is -0.188. The molecule has 0 aliphatic heterocycles. The van der Waals surface area contributed by atoms with Crippen molar-refractivity contribution < 1.29 is 4.42 Å². The van der Waals surface area contributed by atoms with Gasteiger partial charge in [0.15, 0.2) is 0 Å². The van der Waals surface area contributed by atoms with Crippen LogP contribution in [0.2, 0.25) is 0 Å². The van der Waals surface area contributed by atoms with E-state index in [0.717, 1.165) is 12.0 Å². The van der Waals surface area contributed by atoms with Gasteiger partial charge in [0, 0.05) is 5.88 Å². The lowest BCUT2D eigenvalue weighted by Gasteiger charge is -1.97. The molecule has 0 aliphatic rings. The molecule has 1 aromatic heterocycles. The lowest BCUT2D eigenvalue weighted by Crippen LogP contribution is -2.14. The fourth-order valence-electron chi connectivity index (χ4n) is 1.50. The number of aromatic nitrogens is 1. The highest BCUT2D eigenvalue weighted by atomic mass is 35.5. The van der Waals surface area contributed by atoms with Gasteiger partial charge in [-0.3, -0.25) is 4.98 Å². The smallest absolute Gasteiger partial charge is 0.372 e. The summed E-state index contributed by atoms with van der Waals surface area (Å²) in [4.78, 5) is 24.9. The number of halogens is 1. The molecule has 5 heteroatoms. The summed E-state index contributed by atoms with van der Waals surface area (Å²) < 4.78 is 4.46. The van der Waals surface area contributed by atoms with Crippen molar-refractivity contribution in [3.8, 4) is 0 Å². The Balaban J connectivity index is 2.51. The molecule has 0 saturated carbocycles. The first kappa shape index (κ1) is 11.7. The zero-order chi connectivity index (χ0) is 12.3. The first-order valence-electron chi connectivity index (χ1n) is 5.10. The maximum Gasteiger partial charge on any atom is 0.419 e. The second kappa shape index (κ2) is 5.01. The van der Waals surface area contributed by atoms with Gasteiger partial charge >= 0.3 is 11.4 Å². The number of alkyl halides is 1.